The standard InChI is InChI=1S/C20H26N2O3S/c23-19(16-21-14-8-3-9-15-21)17-22(18-10-4-1-5-11-18)26(24,25)20-12-6-2-7-13-20/h1-2,4-7,10-13,19,23H,3,8-9,14-17H2/p+1. The molecule has 3 rings (SSSR count). The number of nitrogens with zero attached hydrogens (tertiary/aromatic N) is 1. The molecular formula is C20H27N2O3S+. The molecule has 0 bridgehead atoms. The summed E-state index contributed by atoms with van der Waals surface area (Å²) in [5, 5.41) is 10.6. The number of sulfonamides is 1. The smallest absolute Gasteiger partial charge is 0.264 e. The van der Waals surface area contributed by atoms with Gasteiger partial charge in [-0.3, -0.25) is 4.31 Å². The molecule has 0 spiro atoms. The van der Waals surface area contributed by atoms with E-state index < -0.39 is 16.1 Å². The highest BCUT2D eigenvalue weighted by Crippen LogP contribution is 2.23. The van der Waals surface area contributed by atoms with Crippen LogP contribution >= 0.6 is 0 Å². The van der Waals surface area contributed by atoms with E-state index in [1.54, 1.807) is 42.5 Å². The molecule has 1 unspecified atom stereocenters. The molecule has 2 N–H and O–H groups in total. The second-order valence-corrected chi connectivity index (χ2v) is 8.72. The van der Waals surface area contributed by atoms with E-state index in [4.69, 9.17) is 0 Å². The highest BCUT2D eigenvalue weighted by molar-refractivity contribution is 7.92. The van der Waals surface area contributed by atoms with Gasteiger partial charge in [-0.2, -0.15) is 0 Å². The number of likely N-dealkylation sites (tertiary alicyclic amines) is 1. The second kappa shape index (κ2) is 8.66. The minimum atomic E-state index is -3.73. The van der Waals surface area contributed by atoms with Crippen molar-refractivity contribution in [2.24, 2.45) is 0 Å². The summed E-state index contributed by atoms with van der Waals surface area (Å²) in [5.41, 5.74) is 0.573. The van der Waals surface area contributed by atoms with Crippen LogP contribution in [-0.2, 0) is 10.0 Å². The Morgan fingerprint density at radius 3 is 2.12 bits per heavy atom. The predicted molar refractivity (Wildman–Crippen MR) is 103 cm³/mol. The maximum absolute atomic E-state index is 13.2. The summed E-state index contributed by atoms with van der Waals surface area (Å²) in [6, 6.07) is 17.4. The zero-order chi connectivity index (χ0) is 18.4. The minimum absolute atomic E-state index is 0.0603. The van der Waals surface area contributed by atoms with Crippen LogP contribution in [0.3, 0.4) is 0 Å². The minimum Gasteiger partial charge on any atom is -0.385 e. The lowest BCUT2D eigenvalue weighted by Crippen LogP contribution is -3.14. The Kier molecular flexibility index (Phi) is 6.29. The van der Waals surface area contributed by atoms with Gasteiger partial charge in [0.15, 0.2) is 0 Å². The van der Waals surface area contributed by atoms with Crippen LogP contribution in [0.4, 0.5) is 5.69 Å². The van der Waals surface area contributed by atoms with Gasteiger partial charge in [0.1, 0.15) is 12.6 Å². The Hall–Kier alpha value is -1.89. The molecule has 1 aliphatic heterocycles. The number of aliphatic hydroxyl groups is 1. The molecule has 1 heterocycles. The Morgan fingerprint density at radius 2 is 1.50 bits per heavy atom. The fraction of sp³-hybridized carbons (Fsp3) is 0.400. The summed E-state index contributed by atoms with van der Waals surface area (Å²) in [6.07, 6.45) is 2.89. The lowest BCUT2D eigenvalue weighted by molar-refractivity contribution is -0.907. The average Bonchev–Trinajstić information content (AvgIpc) is 2.68. The first kappa shape index (κ1) is 18.9. The van der Waals surface area contributed by atoms with Crippen LogP contribution in [0.15, 0.2) is 65.6 Å². The van der Waals surface area contributed by atoms with Crippen LogP contribution in [0, 0.1) is 0 Å². The topological polar surface area (TPSA) is 62.0 Å². The number of rotatable bonds is 7. The van der Waals surface area contributed by atoms with Crippen molar-refractivity contribution in [1.82, 2.24) is 0 Å². The number of para-hydroxylation sites is 1. The Labute approximate surface area is 155 Å². The largest absolute Gasteiger partial charge is 0.385 e. The third-order valence-electron chi connectivity index (χ3n) is 4.84. The molecule has 1 saturated heterocycles. The molecule has 1 fully saturated rings. The van der Waals surface area contributed by atoms with Gasteiger partial charge in [0.2, 0.25) is 0 Å². The van der Waals surface area contributed by atoms with Gasteiger partial charge in [-0.05, 0) is 43.5 Å². The van der Waals surface area contributed by atoms with Crippen molar-refractivity contribution in [1.29, 1.82) is 0 Å². The number of hydrogen-bond donors (Lipinski definition) is 2. The van der Waals surface area contributed by atoms with Crippen LogP contribution < -0.4 is 9.21 Å². The van der Waals surface area contributed by atoms with Crippen molar-refractivity contribution in [3.63, 3.8) is 0 Å². The summed E-state index contributed by atoms with van der Waals surface area (Å²) >= 11 is 0. The average molecular weight is 376 g/mol. The molecular weight excluding hydrogens is 348 g/mol. The van der Waals surface area contributed by atoms with E-state index in [0.29, 0.717) is 12.2 Å². The molecule has 0 amide bonds. The molecule has 2 aromatic rings. The molecule has 1 atom stereocenters. The van der Waals surface area contributed by atoms with E-state index in [-0.39, 0.29) is 11.4 Å². The van der Waals surface area contributed by atoms with Crippen LogP contribution in [0.25, 0.3) is 0 Å². The summed E-state index contributed by atoms with van der Waals surface area (Å²) in [5.74, 6) is 0. The zero-order valence-corrected chi connectivity index (χ0v) is 15.7. The summed E-state index contributed by atoms with van der Waals surface area (Å²) in [7, 11) is -3.73. The highest BCUT2D eigenvalue weighted by atomic mass is 32.2. The molecule has 140 valence electrons. The van der Waals surface area contributed by atoms with E-state index in [1.165, 1.54) is 28.5 Å². The quantitative estimate of drug-likeness (QED) is 0.767. The molecule has 2 aromatic carbocycles. The second-order valence-electron chi connectivity index (χ2n) is 6.85. The fourth-order valence-corrected chi connectivity index (χ4v) is 5.02. The number of anilines is 1. The lowest BCUT2D eigenvalue weighted by Gasteiger charge is -2.30. The normalized spacial score (nSPS) is 17.0. The van der Waals surface area contributed by atoms with Gasteiger partial charge in [0, 0.05) is 0 Å². The van der Waals surface area contributed by atoms with E-state index in [1.807, 2.05) is 18.2 Å². The van der Waals surface area contributed by atoms with Gasteiger partial charge >= 0.3 is 0 Å². The van der Waals surface area contributed by atoms with Crippen LogP contribution in [0.2, 0.25) is 0 Å². The van der Waals surface area contributed by atoms with Crippen LogP contribution in [-0.4, -0.2) is 45.8 Å². The number of benzene rings is 2. The van der Waals surface area contributed by atoms with Crippen molar-refractivity contribution in [2.45, 2.75) is 30.3 Å². The Morgan fingerprint density at radius 1 is 0.923 bits per heavy atom. The molecule has 0 aliphatic carbocycles. The molecule has 1 aliphatic rings. The number of piperidine rings is 1. The Balaban J connectivity index is 1.82. The molecule has 26 heavy (non-hydrogen) atoms. The van der Waals surface area contributed by atoms with Crippen molar-refractivity contribution in [3.05, 3.63) is 60.7 Å². The molecule has 0 aromatic heterocycles. The first-order chi connectivity index (χ1) is 12.6. The maximum Gasteiger partial charge on any atom is 0.264 e. The highest BCUT2D eigenvalue weighted by Gasteiger charge is 2.28. The van der Waals surface area contributed by atoms with Gasteiger partial charge in [0.25, 0.3) is 10.0 Å². The third kappa shape index (κ3) is 4.63. The van der Waals surface area contributed by atoms with Gasteiger partial charge in [-0.25, -0.2) is 8.42 Å². The SMILES string of the molecule is O=S(=O)(c1ccccc1)N(CC(O)C[NH+]1CCCCC1)c1ccccc1. The monoisotopic (exact) mass is 375 g/mol. The third-order valence-corrected chi connectivity index (χ3v) is 6.64. The van der Waals surface area contributed by atoms with Crippen molar-refractivity contribution in [3.8, 4) is 0 Å². The van der Waals surface area contributed by atoms with E-state index in [0.717, 1.165) is 13.1 Å². The number of aliphatic hydroxyl groups excluding tert-OH is 1. The number of quaternary nitrogens is 1. The first-order valence-electron chi connectivity index (χ1n) is 9.22. The number of hydrogen-bond acceptors (Lipinski definition) is 3. The lowest BCUT2D eigenvalue weighted by atomic mass is 10.1. The Bertz CT molecular complexity index is 775. The van der Waals surface area contributed by atoms with E-state index in [9.17, 15) is 13.5 Å². The summed E-state index contributed by atoms with van der Waals surface area (Å²) in [4.78, 5) is 1.59. The molecule has 5 nitrogen and oxygen atoms in total. The van der Waals surface area contributed by atoms with Gasteiger partial charge in [0.05, 0.1) is 30.2 Å². The molecule has 0 saturated carbocycles. The maximum atomic E-state index is 13.2. The van der Waals surface area contributed by atoms with E-state index >= 15 is 0 Å². The first-order valence-corrected chi connectivity index (χ1v) is 10.7. The predicted octanol–water partition coefficient (Wildman–Crippen LogP) is 1.31. The summed E-state index contributed by atoms with van der Waals surface area (Å²) < 4.78 is 27.7. The van der Waals surface area contributed by atoms with Crippen molar-refractivity contribution >= 4 is 15.7 Å². The molecule has 6 heteroatoms. The zero-order valence-electron chi connectivity index (χ0n) is 14.9. The van der Waals surface area contributed by atoms with Crippen molar-refractivity contribution in [2.75, 3.05) is 30.5 Å². The molecule has 0 radical (unpaired) electrons. The van der Waals surface area contributed by atoms with Gasteiger partial charge < -0.3 is 10.0 Å². The van der Waals surface area contributed by atoms with E-state index in [2.05, 4.69) is 0 Å². The van der Waals surface area contributed by atoms with Gasteiger partial charge in [-0.1, -0.05) is 36.4 Å². The van der Waals surface area contributed by atoms with Crippen LogP contribution in [0.5, 0.6) is 0 Å². The number of nitrogens with one attached hydrogen (secondary N) is 1. The van der Waals surface area contributed by atoms with Gasteiger partial charge in [-0.15, -0.1) is 0 Å². The van der Waals surface area contributed by atoms with Crippen molar-refractivity contribution < 1.29 is 18.4 Å². The van der Waals surface area contributed by atoms with Crippen LogP contribution in [0.1, 0.15) is 19.3 Å². The fourth-order valence-electron chi connectivity index (χ4n) is 3.50. The summed E-state index contributed by atoms with van der Waals surface area (Å²) in [6.45, 7) is 2.74.